The quantitative estimate of drug-likeness (QED) is 0.597. The number of rotatable bonds is 2. The zero-order valence-corrected chi connectivity index (χ0v) is 7.57. The first-order chi connectivity index (χ1) is 5.17. The molecule has 4 nitrogen and oxygen atoms in total. The van der Waals surface area contributed by atoms with Crippen LogP contribution in [0.4, 0.5) is 0 Å². The van der Waals surface area contributed by atoms with E-state index in [1.165, 1.54) is 4.31 Å². The molecule has 1 saturated heterocycles. The van der Waals surface area contributed by atoms with Crippen molar-refractivity contribution in [3.8, 4) is 0 Å². The van der Waals surface area contributed by atoms with Gasteiger partial charge in [-0.05, 0) is 6.42 Å². The summed E-state index contributed by atoms with van der Waals surface area (Å²) in [4.78, 5) is 0. The molecule has 66 valence electrons. The zero-order chi connectivity index (χ0) is 8.32. The van der Waals surface area contributed by atoms with E-state index >= 15 is 0 Å². The Morgan fingerprint density at radius 3 is 2.73 bits per heavy atom. The Hall–Kier alpha value is 0.160. The Bertz CT molecular complexity index is 210. The first-order valence-corrected chi connectivity index (χ1v) is 5.43. The highest BCUT2D eigenvalue weighted by atomic mass is 35.5. The first-order valence-electron chi connectivity index (χ1n) is 3.28. The average Bonchev–Trinajstić information content (AvgIpc) is 2.06. The molecule has 11 heavy (non-hydrogen) atoms. The van der Waals surface area contributed by atoms with Crippen molar-refractivity contribution in [2.24, 2.45) is 0 Å². The highest BCUT2D eigenvalue weighted by Gasteiger charge is 2.22. The van der Waals surface area contributed by atoms with Crippen LogP contribution in [-0.2, 0) is 14.8 Å². The molecule has 1 heterocycles. The highest BCUT2D eigenvalue weighted by Crippen LogP contribution is 2.08. The van der Waals surface area contributed by atoms with Gasteiger partial charge in [0.15, 0.2) is 0 Å². The second-order valence-corrected chi connectivity index (χ2v) is 4.84. The average molecular weight is 200 g/mol. The molecule has 0 bridgehead atoms. The van der Waals surface area contributed by atoms with Crippen LogP contribution in [0.1, 0.15) is 6.42 Å². The number of alkyl halides is 1. The van der Waals surface area contributed by atoms with Crippen molar-refractivity contribution in [1.29, 1.82) is 0 Å². The van der Waals surface area contributed by atoms with Crippen LogP contribution in [0.2, 0.25) is 0 Å². The molecule has 0 aromatic carbocycles. The van der Waals surface area contributed by atoms with Gasteiger partial charge in [0.25, 0.3) is 0 Å². The fraction of sp³-hybridized carbons (Fsp3) is 1.00. The van der Waals surface area contributed by atoms with E-state index in [1.807, 2.05) is 0 Å². The number of sulfonamides is 1. The van der Waals surface area contributed by atoms with Gasteiger partial charge in [-0.25, -0.2) is 8.42 Å². The molecule has 0 spiro atoms. The topological polar surface area (TPSA) is 46.6 Å². The van der Waals surface area contributed by atoms with Crippen LogP contribution in [-0.4, -0.2) is 37.8 Å². The molecule has 0 radical (unpaired) electrons. The van der Waals surface area contributed by atoms with Crippen LogP contribution in [0.15, 0.2) is 0 Å². The summed E-state index contributed by atoms with van der Waals surface area (Å²) in [6.07, 6.45) is 0.746. The lowest BCUT2D eigenvalue weighted by atomic mass is 10.4. The van der Waals surface area contributed by atoms with Gasteiger partial charge in [-0.3, -0.25) is 0 Å². The van der Waals surface area contributed by atoms with E-state index in [9.17, 15) is 8.42 Å². The summed E-state index contributed by atoms with van der Waals surface area (Å²) >= 11 is 5.24. The number of hydrogen-bond acceptors (Lipinski definition) is 3. The standard InChI is InChI=1S/C5H10ClNO3S/c6-4-11(8,9)7-2-1-3-10-5-7/h1-5H2. The summed E-state index contributed by atoms with van der Waals surface area (Å²) in [6.45, 7) is 1.30. The van der Waals surface area contributed by atoms with E-state index in [2.05, 4.69) is 0 Å². The predicted octanol–water partition coefficient (Wildman–Crippen LogP) is 0.192. The predicted molar refractivity (Wildman–Crippen MR) is 41.8 cm³/mol. The third-order valence-electron chi connectivity index (χ3n) is 1.46. The molecular weight excluding hydrogens is 190 g/mol. The summed E-state index contributed by atoms with van der Waals surface area (Å²) in [6, 6.07) is 0. The Labute approximate surface area is 71.1 Å². The second kappa shape index (κ2) is 3.71. The molecule has 0 amide bonds. The third kappa shape index (κ3) is 2.30. The van der Waals surface area contributed by atoms with Crippen molar-refractivity contribution in [3.63, 3.8) is 0 Å². The summed E-state index contributed by atoms with van der Waals surface area (Å²) in [5.74, 6) is 0. The summed E-state index contributed by atoms with van der Waals surface area (Å²) in [7, 11) is -3.25. The monoisotopic (exact) mass is 199 g/mol. The molecule has 1 rings (SSSR count). The molecule has 6 heteroatoms. The van der Waals surface area contributed by atoms with Crippen LogP contribution >= 0.6 is 11.6 Å². The molecule has 0 aliphatic carbocycles. The van der Waals surface area contributed by atoms with Gasteiger partial charge in [0.05, 0.1) is 0 Å². The van der Waals surface area contributed by atoms with Crippen LogP contribution in [0, 0.1) is 0 Å². The maximum absolute atomic E-state index is 11.1. The minimum atomic E-state index is -3.25. The third-order valence-corrected chi connectivity index (χ3v) is 3.64. The smallest absolute Gasteiger partial charge is 0.230 e. The number of halogens is 1. The van der Waals surface area contributed by atoms with Crippen molar-refractivity contribution in [2.75, 3.05) is 25.1 Å². The lowest BCUT2D eigenvalue weighted by molar-refractivity contribution is 0.0316. The molecule has 0 unspecified atom stereocenters. The maximum atomic E-state index is 11.1. The fourth-order valence-corrected chi connectivity index (χ4v) is 2.06. The summed E-state index contributed by atoms with van der Waals surface area (Å²) in [5.41, 5.74) is 0. The van der Waals surface area contributed by atoms with Crippen molar-refractivity contribution in [2.45, 2.75) is 6.42 Å². The molecule has 0 atom stereocenters. The van der Waals surface area contributed by atoms with Gasteiger partial charge in [-0.2, -0.15) is 4.31 Å². The van der Waals surface area contributed by atoms with E-state index in [1.54, 1.807) is 0 Å². The van der Waals surface area contributed by atoms with Gasteiger partial charge >= 0.3 is 0 Å². The molecule has 0 aromatic heterocycles. The van der Waals surface area contributed by atoms with Gasteiger partial charge in [-0.15, -0.1) is 11.6 Å². The van der Waals surface area contributed by atoms with Crippen molar-refractivity contribution >= 4 is 21.6 Å². The second-order valence-electron chi connectivity index (χ2n) is 2.29. The minimum Gasteiger partial charge on any atom is -0.365 e. The van der Waals surface area contributed by atoms with Gasteiger partial charge in [0.1, 0.15) is 11.9 Å². The van der Waals surface area contributed by atoms with Gasteiger partial charge in [-0.1, -0.05) is 0 Å². The van der Waals surface area contributed by atoms with Crippen molar-refractivity contribution < 1.29 is 13.2 Å². The van der Waals surface area contributed by atoms with Crippen molar-refractivity contribution in [1.82, 2.24) is 4.31 Å². The van der Waals surface area contributed by atoms with E-state index in [0.717, 1.165) is 6.42 Å². The molecule has 1 aliphatic heterocycles. The van der Waals surface area contributed by atoms with Gasteiger partial charge in [0, 0.05) is 13.2 Å². The molecule has 0 N–H and O–H groups in total. The minimum absolute atomic E-state index is 0.148. The zero-order valence-electron chi connectivity index (χ0n) is 5.99. The normalized spacial score (nSPS) is 21.9. The largest absolute Gasteiger partial charge is 0.365 e. The Kier molecular flexibility index (Phi) is 3.12. The Morgan fingerprint density at radius 2 is 2.27 bits per heavy atom. The van der Waals surface area contributed by atoms with Crippen LogP contribution < -0.4 is 0 Å². The Balaban J connectivity index is 2.58. The molecule has 0 saturated carbocycles. The molecule has 0 aromatic rings. The van der Waals surface area contributed by atoms with E-state index in [0.29, 0.717) is 13.2 Å². The number of hydrogen-bond donors (Lipinski definition) is 0. The van der Waals surface area contributed by atoms with E-state index in [-0.39, 0.29) is 11.9 Å². The molecular formula is C5H10ClNO3S. The van der Waals surface area contributed by atoms with Crippen LogP contribution in [0.5, 0.6) is 0 Å². The lowest BCUT2D eigenvalue weighted by Crippen LogP contribution is -2.38. The van der Waals surface area contributed by atoms with Gasteiger partial charge < -0.3 is 4.74 Å². The maximum Gasteiger partial charge on any atom is 0.230 e. The molecule has 1 fully saturated rings. The van der Waals surface area contributed by atoms with E-state index < -0.39 is 10.0 Å². The lowest BCUT2D eigenvalue weighted by Gasteiger charge is -2.24. The number of nitrogens with zero attached hydrogens (tertiary/aromatic N) is 1. The molecule has 1 aliphatic rings. The summed E-state index contributed by atoms with van der Waals surface area (Å²) < 4.78 is 28.3. The van der Waals surface area contributed by atoms with Gasteiger partial charge in [0.2, 0.25) is 10.0 Å². The van der Waals surface area contributed by atoms with E-state index in [4.69, 9.17) is 16.3 Å². The highest BCUT2D eigenvalue weighted by molar-refractivity contribution is 7.90. The van der Waals surface area contributed by atoms with Crippen LogP contribution in [0.25, 0.3) is 0 Å². The Morgan fingerprint density at radius 1 is 1.55 bits per heavy atom. The fourth-order valence-electron chi connectivity index (χ4n) is 0.862. The van der Waals surface area contributed by atoms with Crippen LogP contribution in [0.3, 0.4) is 0 Å². The summed E-state index contributed by atoms with van der Waals surface area (Å²) in [5, 5.41) is -0.365. The van der Waals surface area contributed by atoms with Crippen molar-refractivity contribution in [3.05, 3.63) is 0 Å². The first kappa shape index (κ1) is 9.25. The number of ether oxygens (including phenoxy) is 1. The SMILES string of the molecule is O=S(=O)(CCl)N1CCCOC1.